The van der Waals surface area contributed by atoms with Crippen LogP contribution in [0.4, 0.5) is 52.6 Å². The molecule has 2 aromatic heterocycles. The van der Waals surface area contributed by atoms with Crippen LogP contribution in [0.1, 0.15) is 42.9 Å². The highest BCUT2D eigenvalue weighted by atomic mass is 35.5. The number of alkyl halides is 3. The van der Waals surface area contributed by atoms with Crippen LogP contribution >= 0.6 is 12.4 Å². The summed E-state index contributed by atoms with van der Waals surface area (Å²) in [5.41, 5.74) is 1.45. The summed E-state index contributed by atoms with van der Waals surface area (Å²) in [5, 5.41) is 18.7. The molecular formula is C26H26ClF3N8O. The molecule has 39 heavy (non-hydrogen) atoms. The topological polar surface area (TPSA) is 120 Å². The van der Waals surface area contributed by atoms with Gasteiger partial charge in [-0.3, -0.25) is 5.10 Å². The van der Waals surface area contributed by atoms with E-state index in [0.717, 1.165) is 17.8 Å². The van der Waals surface area contributed by atoms with Crippen molar-refractivity contribution >= 4 is 53.1 Å². The first-order valence-electron chi connectivity index (χ1n) is 12.1. The number of hydrogen-bond donors (Lipinski definition) is 5. The molecule has 2 amide bonds. The second-order valence-corrected chi connectivity index (χ2v) is 8.94. The average Bonchev–Trinajstić information content (AvgIpc) is 3.58. The maximum absolute atomic E-state index is 12.9. The number of rotatable bonds is 7. The average molecular weight is 559 g/mol. The molecule has 5 rings (SSSR count). The van der Waals surface area contributed by atoms with Gasteiger partial charge < -0.3 is 21.3 Å². The van der Waals surface area contributed by atoms with Crippen molar-refractivity contribution in [2.24, 2.45) is 0 Å². The summed E-state index contributed by atoms with van der Waals surface area (Å²) in [6.45, 7) is 0. The van der Waals surface area contributed by atoms with Crippen LogP contribution in [0.15, 0.2) is 66.9 Å². The number of benzene rings is 2. The molecule has 1 fully saturated rings. The molecule has 1 aliphatic rings. The predicted molar refractivity (Wildman–Crippen MR) is 146 cm³/mol. The van der Waals surface area contributed by atoms with E-state index in [4.69, 9.17) is 0 Å². The van der Waals surface area contributed by atoms with E-state index in [-0.39, 0.29) is 18.1 Å². The summed E-state index contributed by atoms with van der Waals surface area (Å²) in [4.78, 5) is 20.9. The second kappa shape index (κ2) is 12.0. The lowest BCUT2D eigenvalue weighted by Crippen LogP contribution is -2.19. The van der Waals surface area contributed by atoms with Crippen LogP contribution in [0, 0.1) is 0 Å². The molecule has 5 N–H and O–H groups in total. The highest BCUT2D eigenvalue weighted by molar-refractivity contribution is 5.99. The largest absolute Gasteiger partial charge is 0.416 e. The Bertz CT molecular complexity index is 1400. The normalized spacial score (nSPS) is 13.4. The van der Waals surface area contributed by atoms with Gasteiger partial charge in [-0.15, -0.1) is 12.4 Å². The Hall–Kier alpha value is -4.32. The van der Waals surface area contributed by atoms with E-state index in [2.05, 4.69) is 41.4 Å². The summed E-state index contributed by atoms with van der Waals surface area (Å²) in [6, 6.07) is 14.2. The van der Waals surface area contributed by atoms with Crippen molar-refractivity contribution in [3.05, 3.63) is 78.1 Å². The summed E-state index contributed by atoms with van der Waals surface area (Å²) in [6.07, 6.45) is 1.98. The smallest absolute Gasteiger partial charge is 0.324 e. The molecule has 4 aromatic rings. The van der Waals surface area contributed by atoms with Gasteiger partial charge in [-0.2, -0.15) is 23.3 Å². The molecule has 0 aliphatic heterocycles. The molecule has 0 spiro atoms. The lowest BCUT2D eigenvalue weighted by atomic mass is 10.0. The zero-order valence-electron chi connectivity index (χ0n) is 20.5. The van der Waals surface area contributed by atoms with Crippen LogP contribution in [0.2, 0.25) is 0 Å². The second-order valence-electron chi connectivity index (χ2n) is 8.94. The molecule has 0 unspecified atom stereocenters. The van der Waals surface area contributed by atoms with E-state index in [9.17, 15) is 18.0 Å². The molecule has 1 saturated carbocycles. The molecule has 0 radical (unpaired) electrons. The van der Waals surface area contributed by atoms with Crippen molar-refractivity contribution in [3.63, 3.8) is 0 Å². The van der Waals surface area contributed by atoms with Crippen molar-refractivity contribution < 1.29 is 18.0 Å². The zero-order chi connectivity index (χ0) is 26.5. The Morgan fingerprint density at radius 2 is 1.59 bits per heavy atom. The summed E-state index contributed by atoms with van der Waals surface area (Å²) in [5.74, 6) is 2.17. The van der Waals surface area contributed by atoms with E-state index >= 15 is 0 Å². The minimum absolute atomic E-state index is 0. The first kappa shape index (κ1) is 27.7. The maximum atomic E-state index is 12.9. The Balaban J connectivity index is 0.00000353. The zero-order valence-corrected chi connectivity index (χ0v) is 21.4. The van der Waals surface area contributed by atoms with Crippen LogP contribution in [0.3, 0.4) is 0 Å². The quantitative estimate of drug-likeness (QED) is 0.161. The number of hydrogen-bond acceptors (Lipinski definition) is 6. The standard InChI is InChI=1S/C26H25F3N8O.ClH/c27-26(28,29)17-6-3-7-20(14-17)33-25(38)32-19-10-8-18(9-11-19)31-24-30-13-12-22(35-24)34-23-15-21(36-37-23)16-4-1-2-5-16;/h3,6-16H,1-2,4-5H2,(H2,32,33,38)(H3,30,31,34,35,36,37);1H. The van der Waals surface area contributed by atoms with Crippen molar-refractivity contribution in [2.75, 3.05) is 21.3 Å². The van der Waals surface area contributed by atoms with E-state index < -0.39 is 17.8 Å². The number of nitrogens with zero attached hydrogens (tertiary/aromatic N) is 3. The van der Waals surface area contributed by atoms with Gasteiger partial charge in [-0.25, -0.2) is 9.78 Å². The number of aromatic nitrogens is 4. The highest BCUT2D eigenvalue weighted by Gasteiger charge is 2.30. The number of amides is 2. The third-order valence-corrected chi connectivity index (χ3v) is 6.15. The predicted octanol–water partition coefficient (Wildman–Crippen LogP) is 7.43. The molecular weight excluding hydrogens is 533 g/mol. The van der Waals surface area contributed by atoms with Gasteiger partial charge in [0.05, 0.1) is 5.56 Å². The Labute approximate surface area is 228 Å². The van der Waals surface area contributed by atoms with Crippen LogP contribution in [0.5, 0.6) is 0 Å². The monoisotopic (exact) mass is 558 g/mol. The first-order chi connectivity index (χ1) is 18.3. The Morgan fingerprint density at radius 3 is 2.33 bits per heavy atom. The molecule has 9 nitrogen and oxygen atoms in total. The van der Waals surface area contributed by atoms with Crippen LogP contribution in [0.25, 0.3) is 0 Å². The molecule has 0 atom stereocenters. The molecule has 0 bridgehead atoms. The van der Waals surface area contributed by atoms with Crippen molar-refractivity contribution in [2.45, 2.75) is 37.8 Å². The number of anilines is 6. The Kier molecular flexibility index (Phi) is 8.55. The maximum Gasteiger partial charge on any atom is 0.416 e. The number of carbonyl (C=O) groups is 1. The van der Waals surface area contributed by atoms with Gasteiger partial charge in [0, 0.05) is 40.9 Å². The lowest BCUT2D eigenvalue weighted by molar-refractivity contribution is -0.137. The molecule has 0 saturated heterocycles. The number of nitrogens with one attached hydrogen (secondary N) is 5. The molecule has 13 heteroatoms. The summed E-state index contributed by atoms with van der Waals surface area (Å²) < 4.78 is 38.6. The fourth-order valence-electron chi connectivity index (χ4n) is 4.30. The van der Waals surface area contributed by atoms with Gasteiger partial charge in [0.15, 0.2) is 5.82 Å². The van der Waals surface area contributed by atoms with Gasteiger partial charge in [-0.05, 0) is 61.4 Å². The fourth-order valence-corrected chi connectivity index (χ4v) is 4.30. The van der Waals surface area contributed by atoms with Crippen molar-refractivity contribution in [1.82, 2.24) is 20.2 Å². The van der Waals surface area contributed by atoms with Crippen LogP contribution < -0.4 is 21.3 Å². The highest BCUT2D eigenvalue weighted by Crippen LogP contribution is 2.34. The molecule has 2 aromatic carbocycles. The van der Waals surface area contributed by atoms with Crippen LogP contribution in [-0.4, -0.2) is 26.2 Å². The number of H-pyrrole nitrogens is 1. The summed E-state index contributed by atoms with van der Waals surface area (Å²) in [7, 11) is 0. The van der Waals surface area contributed by atoms with Gasteiger partial charge in [-0.1, -0.05) is 18.9 Å². The summed E-state index contributed by atoms with van der Waals surface area (Å²) >= 11 is 0. The lowest BCUT2D eigenvalue weighted by Gasteiger charge is -2.11. The van der Waals surface area contributed by atoms with E-state index in [0.29, 0.717) is 34.9 Å². The van der Waals surface area contributed by atoms with E-state index in [1.54, 1.807) is 36.5 Å². The first-order valence-corrected chi connectivity index (χ1v) is 12.1. The van der Waals surface area contributed by atoms with Crippen molar-refractivity contribution in [3.8, 4) is 0 Å². The Morgan fingerprint density at radius 1 is 0.872 bits per heavy atom. The number of urea groups is 1. The SMILES string of the molecule is Cl.O=C(Nc1ccc(Nc2nccc(Nc3cc(C4CCCC4)[nH]n3)n2)cc1)Nc1cccc(C(F)(F)F)c1. The van der Waals surface area contributed by atoms with Crippen molar-refractivity contribution in [1.29, 1.82) is 0 Å². The minimum atomic E-state index is -4.49. The van der Waals surface area contributed by atoms with Gasteiger partial charge >= 0.3 is 12.2 Å². The number of carbonyl (C=O) groups excluding carboxylic acids is 1. The minimum Gasteiger partial charge on any atom is -0.324 e. The molecule has 204 valence electrons. The van der Waals surface area contributed by atoms with Gasteiger partial charge in [0.25, 0.3) is 0 Å². The van der Waals surface area contributed by atoms with Gasteiger partial charge in [0.1, 0.15) is 5.82 Å². The third-order valence-electron chi connectivity index (χ3n) is 6.15. The third kappa shape index (κ3) is 7.38. The van der Waals surface area contributed by atoms with Gasteiger partial charge in [0.2, 0.25) is 5.95 Å². The number of aromatic amines is 1. The number of halogens is 4. The molecule has 1 aliphatic carbocycles. The van der Waals surface area contributed by atoms with Crippen LogP contribution in [-0.2, 0) is 6.18 Å². The van der Waals surface area contributed by atoms with E-state index in [1.165, 1.54) is 37.8 Å². The fraction of sp³-hybridized carbons (Fsp3) is 0.231. The van der Waals surface area contributed by atoms with E-state index in [1.807, 2.05) is 6.07 Å². The molecule has 2 heterocycles.